The highest BCUT2D eigenvalue weighted by atomic mass is 16.5. The quantitative estimate of drug-likeness (QED) is 0.362. The van der Waals surface area contributed by atoms with Gasteiger partial charge in [0.15, 0.2) is 0 Å². The molecular formula is C34H40N4O3. The number of aromatic nitrogens is 2. The summed E-state index contributed by atoms with van der Waals surface area (Å²) in [6, 6.07) is 28.2. The molecule has 0 aliphatic carbocycles. The van der Waals surface area contributed by atoms with Gasteiger partial charge >= 0.3 is 0 Å². The van der Waals surface area contributed by atoms with Gasteiger partial charge < -0.3 is 19.4 Å². The summed E-state index contributed by atoms with van der Waals surface area (Å²) in [7, 11) is 2.00. The van der Waals surface area contributed by atoms with E-state index in [0.29, 0.717) is 37.6 Å². The van der Waals surface area contributed by atoms with Gasteiger partial charge in [-0.2, -0.15) is 0 Å². The number of fused-ring (bicyclic) bond motifs is 1. The smallest absolute Gasteiger partial charge is 0.255 e. The summed E-state index contributed by atoms with van der Waals surface area (Å²) >= 11 is 0. The van der Waals surface area contributed by atoms with Gasteiger partial charge in [0.05, 0.1) is 30.2 Å². The lowest BCUT2D eigenvalue weighted by molar-refractivity contribution is 0.0819. The van der Waals surface area contributed by atoms with Crippen molar-refractivity contribution < 1.29 is 14.3 Å². The van der Waals surface area contributed by atoms with E-state index in [1.807, 2.05) is 66.5 Å². The fourth-order valence-corrected chi connectivity index (χ4v) is 5.35. The Morgan fingerprint density at radius 2 is 1.59 bits per heavy atom. The highest BCUT2D eigenvalue weighted by Crippen LogP contribution is 2.21. The first-order valence-electron chi connectivity index (χ1n) is 14.5. The van der Waals surface area contributed by atoms with Crippen molar-refractivity contribution in [3.63, 3.8) is 0 Å². The molecule has 4 aromatic rings. The van der Waals surface area contributed by atoms with E-state index in [9.17, 15) is 4.79 Å². The third kappa shape index (κ3) is 8.52. The van der Waals surface area contributed by atoms with Crippen LogP contribution < -0.4 is 10.1 Å². The zero-order valence-electron chi connectivity index (χ0n) is 23.8. The molecule has 0 unspecified atom stereocenters. The number of carbonyl (C=O) groups excluding carboxylic acids is 1. The van der Waals surface area contributed by atoms with Crippen molar-refractivity contribution in [3.8, 4) is 5.75 Å². The van der Waals surface area contributed by atoms with Gasteiger partial charge in [-0.05, 0) is 55.5 Å². The van der Waals surface area contributed by atoms with Crippen LogP contribution in [0.5, 0.6) is 5.75 Å². The Morgan fingerprint density at radius 3 is 2.32 bits per heavy atom. The Hall–Kier alpha value is -3.94. The number of amides is 1. The van der Waals surface area contributed by atoms with E-state index >= 15 is 0 Å². The molecule has 0 saturated carbocycles. The van der Waals surface area contributed by atoms with Gasteiger partial charge in [-0.3, -0.25) is 9.69 Å². The minimum atomic E-state index is -0.148. The van der Waals surface area contributed by atoms with Crippen molar-refractivity contribution in [2.75, 3.05) is 26.4 Å². The molecule has 1 amide bonds. The van der Waals surface area contributed by atoms with Crippen molar-refractivity contribution >= 4 is 5.91 Å². The Morgan fingerprint density at radius 1 is 0.878 bits per heavy atom. The van der Waals surface area contributed by atoms with Gasteiger partial charge in [-0.1, -0.05) is 72.8 Å². The highest BCUT2D eigenvalue weighted by Gasteiger charge is 2.24. The van der Waals surface area contributed by atoms with Crippen LogP contribution in [-0.2, 0) is 31.2 Å². The molecule has 2 atom stereocenters. The molecule has 3 aromatic carbocycles. The predicted octanol–water partition coefficient (Wildman–Crippen LogP) is 5.06. The number of imidazole rings is 1. The van der Waals surface area contributed by atoms with Crippen LogP contribution in [0.1, 0.15) is 40.0 Å². The van der Waals surface area contributed by atoms with Crippen LogP contribution in [-0.4, -0.2) is 58.8 Å². The molecular weight excluding hydrogens is 512 g/mol. The van der Waals surface area contributed by atoms with Gasteiger partial charge in [0, 0.05) is 32.4 Å². The van der Waals surface area contributed by atoms with Gasteiger partial charge in [0.2, 0.25) is 0 Å². The molecule has 2 heterocycles. The van der Waals surface area contributed by atoms with E-state index in [1.54, 1.807) is 0 Å². The van der Waals surface area contributed by atoms with E-state index in [4.69, 9.17) is 9.47 Å². The molecule has 41 heavy (non-hydrogen) atoms. The topological polar surface area (TPSA) is 68.6 Å². The summed E-state index contributed by atoms with van der Waals surface area (Å²) in [5, 5.41) is 3.22. The van der Waals surface area contributed by atoms with E-state index in [2.05, 4.69) is 57.8 Å². The van der Waals surface area contributed by atoms with Gasteiger partial charge in [-0.15, -0.1) is 0 Å². The summed E-state index contributed by atoms with van der Waals surface area (Å²) in [4.78, 5) is 20.6. The number of aryl methyl sites for hydroxylation is 1. The van der Waals surface area contributed by atoms with Crippen molar-refractivity contribution in [1.82, 2.24) is 19.8 Å². The summed E-state index contributed by atoms with van der Waals surface area (Å²) in [6.45, 7) is 3.18. The second kappa shape index (κ2) is 14.6. The molecule has 214 valence electrons. The summed E-state index contributed by atoms with van der Waals surface area (Å²) in [5.74, 6) is 0.444. The zero-order valence-corrected chi connectivity index (χ0v) is 23.8. The minimum absolute atomic E-state index is 0.0902. The van der Waals surface area contributed by atoms with E-state index in [0.717, 1.165) is 43.6 Å². The van der Waals surface area contributed by atoms with Crippen LogP contribution in [0.4, 0.5) is 0 Å². The zero-order chi connectivity index (χ0) is 28.3. The number of hydrogen-bond acceptors (Lipinski definition) is 5. The van der Waals surface area contributed by atoms with Gasteiger partial charge in [0.25, 0.3) is 5.91 Å². The first-order chi connectivity index (χ1) is 20.1. The number of rotatable bonds is 6. The van der Waals surface area contributed by atoms with Crippen LogP contribution in [0.25, 0.3) is 0 Å². The van der Waals surface area contributed by atoms with E-state index in [1.165, 1.54) is 5.56 Å². The highest BCUT2D eigenvalue weighted by molar-refractivity contribution is 5.97. The fourth-order valence-electron chi connectivity index (χ4n) is 5.35. The summed E-state index contributed by atoms with van der Waals surface area (Å²) in [5.41, 5.74) is 3.99. The fraction of sp³-hybridized carbons (Fsp3) is 0.353. The Labute approximate surface area is 243 Å². The number of nitrogens with one attached hydrogen (secondary N) is 1. The molecule has 1 aromatic heterocycles. The molecule has 7 nitrogen and oxygen atoms in total. The summed E-state index contributed by atoms with van der Waals surface area (Å²) < 4.78 is 14.6. The standard InChI is InChI=1S/C34H40N4O3/c1-37-22-30(35-26-37)23-38-18-10-11-19-40-24-29(20-27-12-4-2-5-13-27)36-34(39)32-16-8-9-17-33(32)41-25-31(38)21-28-14-6-3-7-15-28/h2-9,12-17,22,26,29,31H,10-11,18-21,23-25H2,1H3,(H,36,39)/t29-,31-/m0/s1. The molecule has 0 fully saturated rings. The van der Waals surface area contributed by atoms with Gasteiger partial charge in [-0.25, -0.2) is 4.98 Å². The maximum absolute atomic E-state index is 13.6. The molecule has 1 N–H and O–H groups in total. The molecule has 0 saturated heterocycles. The van der Waals surface area contributed by atoms with Crippen molar-refractivity contribution in [2.45, 2.75) is 44.3 Å². The first-order valence-corrected chi connectivity index (χ1v) is 14.5. The lowest BCUT2D eigenvalue weighted by Crippen LogP contribution is -2.42. The normalized spacial score (nSPS) is 19.3. The SMILES string of the molecule is Cn1cnc(CN2CCCCOC[C@H](Cc3ccccc3)NC(=O)c3ccccc3OC[C@@H]2Cc2ccccc2)c1. The van der Waals surface area contributed by atoms with Crippen molar-refractivity contribution in [1.29, 1.82) is 0 Å². The number of hydrogen-bond donors (Lipinski definition) is 1. The van der Waals surface area contributed by atoms with Crippen LogP contribution in [0.3, 0.4) is 0 Å². The maximum Gasteiger partial charge on any atom is 0.255 e. The number of nitrogens with zero attached hydrogens (tertiary/aromatic N) is 3. The lowest BCUT2D eigenvalue weighted by Gasteiger charge is -2.31. The average Bonchev–Trinajstić information content (AvgIpc) is 3.41. The van der Waals surface area contributed by atoms with Crippen LogP contribution in [0.2, 0.25) is 0 Å². The van der Waals surface area contributed by atoms with Crippen molar-refractivity contribution in [3.05, 3.63) is 120 Å². The second-order valence-corrected chi connectivity index (χ2v) is 10.8. The average molecular weight is 553 g/mol. The molecule has 0 radical (unpaired) electrons. The molecule has 0 spiro atoms. The van der Waals surface area contributed by atoms with E-state index < -0.39 is 0 Å². The first kappa shape index (κ1) is 28.6. The third-order valence-corrected chi connectivity index (χ3v) is 7.48. The minimum Gasteiger partial charge on any atom is -0.491 e. The number of carbonyl (C=O) groups is 1. The third-order valence-electron chi connectivity index (χ3n) is 7.48. The number of ether oxygens (including phenoxy) is 2. The molecule has 1 aliphatic heterocycles. The Balaban J connectivity index is 1.40. The molecule has 0 bridgehead atoms. The largest absolute Gasteiger partial charge is 0.491 e. The lowest BCUT2D eigenvalue weighted by atomic mass is 10.0. The van der Waals surface area contributed by atoms with Crippen LogP contribution >= 0.6 is 0 Å². The Kier molecular flexibility index (Phi) is 10.2. The number of para-hydroxylation sites is 1. The van der Waals surface area contributed by atoms with Crippen LogP contribution in [0.15, 0.2) is 97.5 Å². The van der Waals surface area contributed by atoms with Crippen LogP contribution in [0, 0.1) is 0 Å². The monoisotopic (exact) mass is 552 g/mol. The number of benzene rings is 3. The molecule has 7 heteroatoms. The van der Waals surface area contributed by atoms with E-state index in [-0.39, 0.29) is 18.0 Å². The second-order valence-electron chi connectivity index (χ2n) is 10.8. The van der Waals surface area contributed by atoms with Gasteiger partial charge in [0.1, 0.15) is 12.4 Å². The maximum atomic E-state index is 13.6. The summed E-state index contributed by atoms with van der Waals surface area (Å²) in [6.07, 6.45) is 7.38. The predicted molar refractivity (Wildman–Crippen MR) is 161 cm³/mol. The molecule has 5 rings (SSSR count). The Bertz CT molecular complexity index is 1360. The van der Waals surface area contributed by atoms with Crippen molar-refractivity contribution in [2.24, 2.45) is 7.05 Å². The molecule has 1 aliphatic rings.